The van der Waals surface area contributed by atoms with Gasteiger partial charge >= 0.3 is 0 Å². The minimum atomic E-state index is 0.103. The zero-order chi connectivity index (χ0) is 11.2. The van der Waals surface area contributed by atoms with Crippen LogP contribution in [0.2, 0.25) is 0 Å². The van der Waals surface area contributed by atoms with E-state index in [-0.39, 0.29) is 6.73 Å². The Morgan fingerprint density at radius 3 is 2.88 bits per heavy atom. The van der Waals surface area contributed by atoms with Crippen LogP contribution in [0.15, 0.2) is 30.3 Å². The van der Waals surface area contributed by atoms with E-state index in [1.165, 1.54) is 17.1 Å². The molecule has 0 radical (unpaired) electrons. The lowest BCUT2D eigenvalue weighted by atomic mass is 10.2. The number of ether oxygens (including phenoxy) is 1. The first-order valence-electron chi connectivity index (χ1n) is 4.83. The first-order valence-corrected chi connectivity index (χ1v) is 5.60. The molecule has 16 heavy (non-hydrogen) atoms. The van der Waals surface area contributed by atoms with Crippen molar-refractivity contribution in [3.8, 4) is 5.88 Å². The van der Waals surface area contributed by atoms with E-state index in [1.54, 1.807) is 0 Å². The first kappa shape index (κ1) is 10.8. The fraction of sp³-hybridized carbons (Fsp3) is 0.200. The number of benzene rings is 1. The van der Waals surface area contributed by atoms with Gasteiger partial charge in [0.1, 0.15) is 6.73 Å². The van der Waals surface area contributed by atoms with Gasteiger partial charge in [-0.1, -0.05) is 39.9 Å². The van der Waals surface area contributed by atoms with E-state index < -0.39 is 0 Å². The highest BCUT2D eigenvalue weighted by Gasteiger charge is 2.07. The molecule has 0 unspecified atom stereocenters. The second-order valence-corrected chi connectivity index (χ2v) is 3.81. The molecule has 6 heteroatoms. The van der Waals surface area contributed by atoms with Gasteiger partial charge in [-0.3, -0.25) is 5.73 Å². The largest absolute Gasteiger partial charge is 0.459 e. The predicted molar refractivity (Wildman–Crippen MR) is 63.4 cm³/mol. The van der Waals surface area contributed by atoms with Gasteiger partial charge in [0, 0.05) is 18.1 Å². The van der Waals surface area contributed by atoms with Crippen LogP contribution < -0.4 is 15.8 Å². The van der Waals surface area contributed by atoms with Crippen molar-refractivity contribution in [2.45, 2.75) is 6.54 Å². The van der Waals surface area contributed by atoms with Gasteiger partial charge in [-0.25, -0.2) is 0 Å². The van der Waals surface area contributed by atoms with Gasteiger partial charge in [0.05, 0.1) is 0 Å². The van der Waals surface area contributed by atoms with Gasteiger partial charge < -0.3 is 10.1 Å². The van der Waals surface area contributed by atoms with E-state index in [0.717, 1.165) is 5.00 Å². The Morgan fingerprint density at radius 2 is 2.12 bits per heavy atom. The molecule has 0 saturated heterocycles. The van der Waals surface area contributed by atoms with Crippen molar-refractivity contribution in [3.63, 3.8) is 0 Å². The second-order valence-electron chi connectivity index (χ2n) is 3.06. The highest BCUT2D eigenvalue weighted by molar-refractivity contribution is 7.10. The summed E-state index contributed by atoms with van der Waals surface area (Å²) in [5, 5.41) is 7.83. The molecular formula is C10H12N4OS. The van der Waals surface area contributed by atoms with Gasteiger partial charge in [-0.15, -0.1) is 0 Å². The van der Waals surface area contributed by atoms with Gasteiger partial charge in [0.15, 0.2) is 5.00 Å². The normalized spacial score (nSPS) is 10.1. The lowest BCUT2D eigenvalue weighted by Gasteiger charge is -2.05. The summed E-state index contributed by atoms with van der Waals surface area (Å²) < 4.78 is 8.92. The lowest BCUT2D eigenvalue weighted by molar-refractivity contribution is 0.317. The molecule has 0 spiro atoms. The zero-order valence-electron chi connectivity index (χ0n) is 8.59. The zero-order valence-corrected chi connectivity index (χ0v) is 9.41. The summed E-state index contributed by atoms with van der Waals surface area (Å²) in [6.45, 7) is 0.817. The van der Waals surface area contributed by atoms with Crippen LogP contribution in [-0.4, -0.2) is 16.3 Å². The van der Waals surface area contributed by atoms with Gasteiger partial charge in [0.2, 0.25) is 0 Å². The molecule has 1 aromatic carbocycles. The molecule has 0 aliphatic rings. The molecule has 0 atom stereocenters. The molecule has 0 fully saturated rings. The monoisotopic (exact) mass is 236 g/mol. The maximum atomic E-state index is 5.28. The second kappa shape index (κ2) is 5.43. The van der Waals surface area contributed by atoms with Crippen LogP contribution in [0.4, 0.5) is 5.00 Å². The molecule has 3 N–H and O–H groups in total. The van der Waals surface area contributed by atoms with Gasteiger partial charge in [0.25, 0.3) is 5.88 Å². The Labute approximate surface area is 97.4 Å². The van der Waals surface area contributed by atoms with Crippen molar-refractivity contribution >= 4 is 16.5 Å². The third-order valence-corrected chi connectivity index (χ3v) is 2.64. The van der Waals surface area contributed by atoms with Crippen molar-refractivity contribution in [3.05, 3.63) is 35.9 Å². The summed E-state index contributed by atoms with van der Waals surface area (Å²) in [4.78, 5) is 0. The number of rotatable bonds is 5. The molecule has 0 aliphatic carbocycles. The molecule has 0 bridgehead atoms. The molecule has 84 valence electrons. The predicted octanol–water partition coefficient (Wildman–Crippen LogP) is 1.45. The Bertz CT molecular complexity index is 431. The maximum absolute atomic E-state index is 5.28. The van der Waals surface area contributed by atoms with E-state index in [4.69, 9.17) is 10.5 Å². The first-order chi connectivity index (χ1) is 7.90. The van der Waals surface area contributed by atoms with Crippen LogP contribution in [-0.2, 0) is 6.54 Å². The molecule has 0 amide bonds. The minimum absolute atomic E-state index is 0.103. The van der Waals surface area contributed by atoms with E-state index in [2.05, 4.69) is 14.9 Å². The van der Waals surface area contributed by atoms with E-state index in [9.17, 15) is 0 Å². The Kier molecular flexibility index (Phi) is 3.68. The van der Waals surface area contributed by atoms with Crippen LogP contribution in [0, 0.1) is 0 Å². The number of aromatic nitrogens is 2. The lowest BCUT2D eigenvalue weighted by Crippen LogP contribution is -2.09. The van der Waals surface area contributed by atoms with Gasteiger partial charge in [-0.05, 0) is 5.56 Å². The fourth-order valence-corrected chi connectivity index (χ4v) is 1.75. The topological polar surface area (TPSA) is 73.1 Å². The number of anilines is 1. The summed E-state index contributed by atoms with van der Waals surface area (Å²) in [6.07, 6.45) is 0. The highest BCUT2D eigenvalue weighted by atomic mass is 32.1. The van der Waals surface area contributed by atoms with Crippen molar-refractivity contribution in [2.24, 2.45) is 5.73 Å². The van der Waals surface area contributed by atoms with Crippen molar-refractivity contribution < 1.29 is 4.74 Å². The van der Waals surface area contributed by atoms with E-state index in [1.807, 2.05) is 30.3 Å². The highest BCUT2D eigenvalue weighted by Crippen LogP contribution is 2.25. The number of nitrogens with two attached hydrogens (primary N) is 1. The van der Waals surface area contributed by atoms with Crippen LogP contribution >= 0.6 is 11.5 Å². The Balaban J connectivity index is 1.97. The summed E-state index contributed by atoms with van der Waals surface area (Å²) >= 11 is 1.26. The molecule has 5 nitrogen and oxygen atoms in total. The van der Waals surface area contributed by atoms with E-state index in [0.29, 0.717) is 12.4 Å². The number of hydrogen-bond donors (Lipinski definition) is 2. The van der Waals surface area contributed by atoms with Crippen LogP contribution in [0.5, 0.6) is 5.88 Å². The average Bonchev–Trinajstić information content (AvgIpc) is 2.76. The summed E-state index contributed by atoms with van der Waals surface area (Å²) in [5.41, 5.74) is 6.47. The summed E-state index contributed by atoms with van der Waals surface area (Å²) in [5.74, 6) is 0.462. The fourth-order valence-electron chi connectivity index (χ4n) is 1.24. The van der Waals surface area contributed by atoms with Gasteiger partial charge in [-0.2, -0.15) is 0 Å². The number of nitrogens with zero attached hydrogens (tertiary/aromatic N) is 2. The van der Waals surface area contributed by atoms with Crippen LogP contribution in [0.25, 0.3) is 0 Å². The third kappa shape index (κ3) is 2.68. The minimum Gasteiger partial charge on any atom is -0.459 e. The number of nitrogens with one attached hydrogen (secondary N) is 1. The average molecular weight is 236 g/mol. The number of hydrogen-bond acceptors (Lipinski definition) is 6. The molecule has 1 heterocycles. The maximum Gasteiger partial charge on any atom is 0.271 e. The SMILES string of the molecule is NCOc1nnsc1NCc1ccccc1. The van der Waals surface area contributed by atoms with Crippen molar-refractivity contribution in [1.82, 2.24) is 9.59 Å². The standard InChI is InChI=1S/C10H12N4OS/c11-7-15-9-10(16-14-13-9)12-6-8-4-2-1-3-5-8/h1-5,12H,6-7,11H2. The van der Waals surface area contributed by atoms with Crippen LogP contribution in [0.3, 0.4) is 0 Å². The van der Waals surface area contributed by atoms with E-state index >= 15 is 0 Å². The molecule has 0 aliphatic heterocycles. The summed E-state index contributed by atoms with van der Waals surface area (Å²) in [6, 6.07) is 10.1. The Morgan fingerprint density at radius 1 is 1.31 bits per heavy atom. The smallest absolute Gasteiger partial charge is 0.271 e. The quantitative estimate of drug-likeness (QED) is 0.769. The Hall–Kier alpha value is -1.66. The molecule has 1 aromatic heterocycles. The summed E-state index contributed by atoms with van der Waals surface area (Å²) in [7, 11) is 0. The van der Waals surface area contributed by atoms with Crippen molar-refractivity contribution in [1.29, 1.82) is 0 Å². The molecule has 2 rings (SSSR count). The molecule has 2 aromatic rings. The molecule has 0 saturated carbocycles. The molecular weight excluding hydrogens is 224 g/mol. The third-order valence-electron chi connectivity index (χ3n) is 1.97. The van der Waals surface area contributed by atoms with Crippen LogP contribution in [0.1, 0.15) is 5.56 Å². The van der Waals surface area contributed by atoms with Crippen molar-refractivity contribution in [2.75, 3.05) is 12.0 Å².